The van der Waals surface area contributed by atoms with Gasteiger partial charge in [-0.2, -0.15) is 0 Å². The lowest BCUT2D eigenvalue weighted by molar-refractivity contribution is 0.241. The lowest BCUT2D eigenvalue weighted by Gasteiger charge is -2.16. The van der Waals surface area contributed by atoms with Gasteiger partial charge in [0.05, 0.1) is 20.3 Å². The Morgan fingerprint density at radius 2 is 1.84 bits per heavy atom. The van der Waals surface area contributed by atoms with Gasteiger partial charge in [0.1, 0.15) is 0 Å². The maximum atomic E-state index is 12.0. The van der Waals surface area contributed by atoms with Crippen molar-refractivity contribution in [2.45, 2.75) is 13.0 Å². The standard InChI is InChI=1S/C19H21ClN2O3/c1-13(15-8-9-17(24-2)18(12-15)25-3)22-19(23)21-11-10-14-6-4-5-7-16(14)20/h4-13H,1-3H3,(H2,21,22,23)/b11-10+. The van der Waals surface area contributed by atoms with Crippen LogP contribution in [0.3, 0.4) is 0 Å². The van der Waals surface area contributed by atoms with Gasteiger partial charge in [-0.15, -0.1) is 0 Å². The van der Waals surface area contributed by atoms with Gasteiger partial charge in [-0.1, -0.05) is 35.9 Å². The van der Waals surface area contributed by atoms with E-state index in [0.29, 0.717) is 16.5 Å². The van der Waals surface area contributed by atoms with Gasteiger partial charge in [-0.05, 0) is 42.3 Å². The van der Waals surface area contributed by atoms with E-state index in [4.69, 9.17) is 21.1 Å². The number of carbonyl (C=O) groups excluding carboxylic acids is 1. The fourth-order valence-electron chi connectivity index (χ4n) is 2.26. The quantitative estimate of drug-likeness (QED) is 0.803. The maximum absolute atomic E-state index is 12.0. The van der Waals surface area contributed by atoms with Crippen molar-refractivity contribution >= 4 is 23.7 Å². The first-order chi connectivity index (χ1) is 12.0. The molecule has 1 unspecified atom stereocenters. The molecule has 2 amide bonds. The molecule has 0 bridgehead atoms. The molecule has 1 atom stereocenters. The smallest absolute Gasteiger partial charge is 0.319 e. The first kappa shape index (κ1) is 18.7. The van der Waals surface area contributed by atoms with Crippen LogP contribution in [-0.4, -0.2) is 20.3 Å². The Morgan fingerprint density at radius 1 is 1.12 bits per heavy atom. The Bertz CT molecular complexity index is 762. The minimum Gasteiger partial charge on any atom is -0.493 e. The summed E-state index contributed by atoms with van der Waals surface area (Å²) in [6.45, 7) is 1.89. The number of methoxy groups -OCH3 is 2. The van der Waals surface area contributed by atoms with E-state index in [0.717, 1.165) is 11.1 Å². The van der Waals surface area contributed by atoms with Crippen LogP contribution in [0.4, 0.5) is 4.79 Å². The molecule has 0 heterocycles. The molecule has 0 spiro atoms. The van der Waals surface area contributed by atoms with Crippen molar-refractivity contribution in [2.75, 3.05) is 14.2 Å². The molecule has 2 rings (SSSR count). The summed E-state index contributed by atoms with van der Waals surface area (Å²) in [6.07, 6.45) is 3.29. The summed E-state index contributed by atoms with van der Waals surface area (Å²) in [6, 6.07) is 12.4. The molecule has 2 aromatic rings. The summed E-state index contributed by atoms with van der Waals surface area (Å²) in [5.41, 5.74) is 1.74. The number of hydrogen-bond donors (Lipinski definition) is 2. The Labute approximate surface area is 152 Å². The monoisotopic (exact) mass is 360 g/mol. The predicted molar refractivity (Wildman–Crippen MR) is 100 cm³/mol. The van der Waals surface area contributed by atoms with Crippen LogP contribution in [0.25, 0.3) is 6.08 Å². The minimum atomic E-state index is -0.314. The Hall–Kier alpha value is -2.66. The van der Waals surface area contributed by atoms with Crippen molar-refractivity contribution in [3.05, 3.63) is 64.8 Å². The van der Waals surface area contributed by atoms with E-state index < -0.39 is 0 Å². The predicted octanol–water partition coefficient (Wildman–Crippen LogP) is 4.39. The lowest BCUT2D eigenvalue weighted by Crippen LogP contribution is -2.34. The van der Waals surface area contributed by atoms with E-state index in [2.05, 4.69) is 10.6 Å². The normalized spacial score (nSPS) is 11.8. The number of benzene rings is 2. The Balaban J connectivity index is 1.95. The lowest BCUT2D eigenvalue weighted by atomic mass is 10.1. The molecule has 132 valence electrons. The fourth-order valence-corrected chi connectivity index (χ4v) is 2.46. The molecule has 0 saturated heterocycles. The Kier molecular flexibility index (Phi) is 6.71. The molecule has 2 N–H and O–H groups in total. The summed E-state index contributed by atoms with van der Waals surface area (Å²) >= 11 is 6.06. The van der Waals surface area contributed by atoms with Gasteiger partial charge in [0.15, 0.2) is 11.5 Å². The largest absolute Gasteiger partial charge is 0.493 e. The van der Waals surface area contributed by atoms with Crippen molar-refractivity contribution < 1.29 is 14.3 Å². The molecule has 0 aliphatic rings. The fraction of sp³-hybridized carbons (Fsp3) is 0.211. The molecule has 0 fully saturated rings. The highest BCUT2D eigenvalue weighted by Gasteiger charge is 2.12. The third-order valence-corrected chi connectivity index (χ3v) is 3.98. The van der Waals surface area contributed by atoms with Crippen LogP contribution in [0.2, 0.25) is 5.02 Å². The molecule has 0 saturated carbocycles. The van der Waals surface area contributed by atoms with Gasteiger partial charge in [0, 0.05) is 11.2 Å². The molecule has 2 aromatic carbocycles. The highest BCUT2D eigenvalue weighted by molar-refractivity contribution is 6.32. The molecule has 0 radical (unpaired) electrons. The highest BCUT2D eigenvalue weighted by atomic mass is 35.5. The van der Waals surface area contributed by atoms with Crippen LogP contribution < -0.4 is 20.1 Å². The van der Waals surface area contributed by atoms with Crippen molar-refractivity contribution in [1.29, 1.82) is 0 Å². The van der Waals surface area contributed by atoms with Crippen LogP contribution >= 0.6 is 11.6 Å². The van der Waals surface area contributed by atoms with E-state index in [1.54, 1.807) is 32.6 Å². The number of amides is 2. The molecular formula is C19H21ClN2O3. The van der Waals surface area contributed by atoms with E-state index in [1.165, 1.54) is 0 Å². The highest BCUT2D eigenvalue weighted by Crippen LogP contribution is 2.29. The number of nitrogens with one attached hydrogen (secondary N) is 2. The van der Waals surface area contributed by atoms with Crippen LogP contribution in [-0.2, 0) is 0 Å². The number of ether oxygens (including phenoxy) is 2. The van der Waals surface area contributed by atoms with Crippen LogP contribution in [0, 0.1) is 0 Å². The van der Waals surface area contributed by atoms with Gasteiger partial charge >= 0.3 is 6.03 Å². The second-order valence-electron chi connectivity index (χ2n) is 5.31. The number of hydrogen-bond acceptors (Lipinski definition) is 3. The number of halogens is 1. The number of rotatable bonds is 6. The molecule has 5 nitrogen and oxygen atoms in total. The number of carbonyl (C=O) groups is 1. The van der Waals surface area contributed by atoms with E-state index in [-0.39, 0.29) is 12.1 Å². The van der Waals surface area contributed by atoms with E-state index in [1.807, 2.05) is 43.3 Å². The van der Waals surface area contributed by atoms with Crippen molar-refractivity contribution in [1.82, 2.24) is 10.6 Å². The average Bonchev–Trinajstić information content (AvgIpc) is 2.62. The molecule has 25 heavy (non-hydrogen) atoms. The van der Waals surface area contributed by atoms with Gasteiger partial charge in [-0.25, -0.2) is 4.79 Å². The Morgan fingerprint density at radius 3 is 2.52 bits per heavy atom. The molecular weight excluding hydrogens is 340 g/mol. The van der Waals surface area contributed by atoms with Crippen LogP contribution in [0.5, 0.6) is 11.5 Å². The second kappa shape index (κ2) is 8.99. The summed E-state index contributed by atoms with van der Waals surface area (Å²) in [5, 5.41) is 6.14. The van der Waals surface area contributed by atoms with E-state index >= 15 is 0 Å². The summed E-state index contributed by atoms with van der Waals surface area (Å²) in [5.74, 6) is 1.26. The van der Waals surface area contributed by atoms with Crippen molar-refractivity contribution in [3.63, 3.8) is 0 Å². The zero-order valence-corrected chi connectivity index (χ0v) is 15.1. The molecule has 0 aliphatic carbocycles. The summed E-state index contributed by atoms with van der Waals surface area (Å²) in [4.78, 5) is 12.0. The first-order valence-corrected chi connectivity index (χ1v) is 8.13. The first-order valence-electron chi connectivity index (χ1n) is 7.75. The van der Waals surface area contributed by atoms with Gasteiger partial charge in [-0.3, -0.25) is 0 Å². The molecule has 0 aliphatic heterocycles. The third kappa shape index (κ3) is 5.16. The van der Waals surface area contributed by atoms with Gasteiger partial charge < -0.3 is 20.1 Å². The summed E-state index contributed by atoms with van der Waals surface area (Å²) in [7, 11) is 3.16. The van der Waals surface area contributed by atoms with Crippen LogP contribution in [0.1, 0.15) is 24.1 Å². The SMILES string of the molecule is COc1ccc(C(C)NC(=O)N/C=C/c2ccccc2Cl)cc1OC. The maximum Gasteiger partial charge on any atom is 0.319 e. The van der Waals surface area contributed by atoms with E-state index in [9.17, 15) is 4.79 Å². The third-order valence-electron chi connectivity index (χ3n) is 3.64. The number of urea groups is 1. The molecule has 0 aromatic heterocycles. The molecule has 6 heteroatoms. The topological polar surface area (TPSA) is 59.6 Å². The summed E-state index contributed by atoms with van der Waals surface area (Å²) < 4.78 is 10.5. The van der Waals surface area contributed by atoms with Gasteiger partial charge in [0.2, 0.25) is 0 Å². The van der Waals surface area contributed by atoms with Crippen LogP contribution in [0.15, 0.2) is 48.7 Å². The minimum absolute atomic E-state index is 0.200. The van der Waals surface area contributed by atoms with Crippen molar-refractivity contribution in [3.8, 4) is 11.5 Å². The zero-order valence-electron chi connectivity index (χ0n) is 14.4. The van der Waals surface area contributed by atoms with Crippen molar-refractivity contribution in [2.24, 2.45) is 0 Å². The zero-order chi connectivity index (χ0) is 18.2. The van der Waals surface area contributed by atoms with Gasteiger partial charge in [0.25, 0.3) is 0 Å². The second-order valence-corrected chi connectivity index (χ2v) is 5.72. The average molecular weight is 361 g/mol.